The summed E-state index contributed by atoms with van der Waals surface area (Å²) in [5.41, 5.74) is 2.58. The second kappa shape index (κ2) is 7.74. The number of hydrogen-bond acceptors (Lipinski definition) is 4. The highest BCUT2D eigenvalue weighted by Crippen LogP contribution is 2.32. The lowest BCUT2D eigenvalue weighted by molar-refractivity contribution is -0.122. The maximum Gasteiger partial charge on any atom is 0.265 e. The summed E-state index contributed by atoms with van der Waals surface area (Å²) in [6, 6.07) is 12.2. The summed E-state index contributed by atoms with van der Waals surface area (Å²) in [6.45, 7) is 3.11. The molecule has 0 aromatic heterocycles. The van der Waals surface area contributed by atoms with E-state index in [0.717, 1.165) is 5.56 Å². The average molecular weight is 365 g/mol. The van der Waals surface area contributed by atoms with Crippen LogP contribution in [0.2, 0.25) is 0 Å². The minimum absolute atomic E-state index is 0.140. The highest BCUT2D eigenvalue weighted by molar-refractivity contribution is 6.03. The number of hydrogen-bond donors (Lipinski definition) is 3. The highest BCUT2D eigenvalue weighted by Gasteiger charge is 2.23. The first-order valence-corrected chi connectivity index (χ1v) is 8.39. The normalized spacial score (nSPS) is 15.5. The first-order chi connectivity index (χ1) is 12.9. The van der Waals surface area contributed by atoms with Crippen molar-refractivity contribution in [2.45, 2.75) is 20.0 Å². The maximum absolute atomic E-state index is 12.1. The third-order valence-corrected chi connectivity index (χ3v) is 3.84. The van der Waals surface area contributed by atoms with Gasteiger partial charge in [-0.2, -0.15) is 0 Å². The minimum atomic E-state index is -0.544. The van der Waals surface area contributed by atoms with E-state index in [2.05, 4.69) is 16.0 Å². The number of ether oxygens (including phenoxy) is 1. The summed E-state index contributed by atoms with van der Waals surface area (Å²) in [5, 5.41) is 8.15. The number of amides is 3. The molecule has 0 radical (unpaired) electrons. The van der Waals surface area contributed by atoms with Crippen LogP contribution >= 0.6 is 0 Å². The zero-order chi connectivity index (χ0) is 19.4. The maximum atomic E-state index is 12.1. The fourth-order valence-electron chi connectivity index (χ4n) is 2.52. The molecule has 7 nitrogen and oxygen atoms in total. The lowest BCUT2D eigenvalue weighted by Crippen LogP contribution is -2.34. The van der Waals surface area contributed by atoms with E-state index in [1.807, 2.05) is 0 Å². The van der Waals surface area contributed by atoms with E-state index >= 15 is 0 Å². The van der Waals surface area contributed by atoms with Gasteiger partial charge in [-0.25, -0.2) is 0 Å². The predicted octanol–water partition coefficient (Wildman–Crippen LogP) is 3.02. The van der Waals surface area contributed by atoms with Gasteiger partial charge >= 0.3 is 0 Å². The van der Waals surface area contributed by atoms with Crippen LogP contribution < -0.4 is 20.7 Å². The molecule has 7 heteroatoms. The van der Waals surface area contributed by atoms with Gasteiger partial charge in [0, 0.05) is 24.4 Å². The standard InChI is InChI=1S/C20H19N3O4/c1-12-20(26)23-17-11-16(8-9-18(17)27-12)22-19(25)10-5-14-3-6-15(7-4-14)21-13(2)24/h3-12H,1-2H3,(H,21,24)(H,22,25)(H,23,26)/b10-5+. The molecule has 3 N–H and O–H groups in total. The Labute approximate surface area is 156 Å². The van der Waals surface area contributed by atoms with Crippen LogP contribution in [0, 0.1) is 0 Å². The van der Waals surface area contributed by atoms with Crippen molar-refractivity contribution in [2.24, 2.45) is 0 Å². The molecule has 1 unspecified atom stereocenters. The van der Waals surface area contributed by atoms with E-state index in [0.29, 0.717) is 22.8 Å². The molecule has 1 atom stereocenters. The molecule has 2 aromatic rings. The molecule has 0 spiro atoms. The fourth-order valence-corrected chi connectivity index (χ4v) is 2.52. The first kappa shape index (κ1) is 18.2. The number of fused-ring (bicyclic) bond motifs is 1. The molecular formula is C20H19N3O4. The minimum Gasteiger partial charge on any atom is -0.479 e. The molecule has 1 aliphatic rings. The Bertz CT molecular complexity index is 919. The SMILES string of the molecule is CC(=O)Nc1ccc(/C=C/C(=O)Nc2ccc3c(c2)NC(=O)C(C)O3)cc1. The Hall–Kier alpha value is -3.61. The Morgan fingerprint density at radius 3 is 2.48 bits per heavy atom. The van der Waals surface area contributed by atoms with Gasteiger partial charge < -0.3 is 20.7 Å². The monoisotopic (exact) mass is 365 g/mol. The molecule has 0 saturated heterocycles. The van der Waals surface area contributed by atoms with Crippen LogP contribution in [0.3, 0.4) is 0 Å². The molecule has 0 bridgehead atoms. The van der Waals surface area contributed by atoms with Crippen molar-refractivity contribution in [3.63, 3.8) is 0 Å². The van der Waals surface area contributed by atoms with Crippen molar-refractivity contribution in [3.05, 3.63) is 54.1 Å². The van der Waals surface area contributed by atoms with Crippen molar-refractivity contribution in [1.82, 2.24) is 0 Å². The van der Waals surface area contributed by atoms with E-state index in [4.69, 9.17) is 4.74 Å². The second-order valence-electron chi connectivity index (χ2n) is 6.09. The van der Waals surface area contributed by atoms with Gasteiger partial charge in [0.25, 0.3) is 5.91 Å². The lowest BCUT2D eigenvalue weighted by atomic mass is 10.2. The number of carbonyl (C=O) groups is 3. The summed E-state index contributed by atoms with van der Waals surface area (Å²) in [7, 11) is 0. The summed E-state index contributed by atoms with van der Waals surface area (Å²) in [5.74, 6) is -0.112. The largest absolute Gasteiger partial charge is 0.479 e. The van der Waals surface area contributed by atoms with Crippen LogP contribution in [0.25, 0.3) is 6.08 Å². The van der Waals surface area contributed by atoms with E-state index in [9.17, 15) is 14.4 Å². The summed E-state index contributed by atoms with van der Waals surface area (Å²) >= 11 is 0. The Morgan fingerprint density at radius 1 is 1.07 bits per heavy atom. The molecule has 2 aromatic carbocycles. The zero-order valence-electron chi connectivity index (χ0n) is 14.9. The number of carbonyl (C=O) groups excluding carboxylic acids is 3. The molecule has 138 valence electrons. The zero-order valence-corrected chi connectivity index (χ0v) is 14.9. The van der Waals surface area contributed by atoms with Crippen molar-refractivity contribution in [3.8, 4) is 5.75 Å². The quantitative estimate of drug-likeness (QED) is 0.726. The molecule has 0 fully saturated rings. The smallest absolute Gasteiger partial charge is 0.265 e. The molecule has 3 rings (SSSR count). The number of nitrogens with one attached hydrogen (secondary N) is 3. The van der Waals surface area contributed by atoms with Crippen molar-refractivity contribution >= 4 is 40.9 Å². The Morgan fingerprint density at radius 2 is 1.78 bits per heavy atom. The third-order valence-electron chi connectivity index (χ3n) is 3.84. The first-order valence-electron chi connectivity index (χ1n) is 8.39. The Kier molecular flexibility index (Phi) is 5.21. The van der Waals surface area contributed by atoms with E-state index in [1.165, 1.54) is 13.0 Å². The van der Waals surface area contributed by atoms with Gasteiger partial charge in [0.05, 0.1) is 5.69 Å². The summed E-state index contributed by atoms with van der Waals surface area (Å²) in [6.07, 6.45) is 2.53. The van der Waals surface area contributed by atoms with E-state index in [1.54, 1.807) is 55.5 Å². The van der Waals surface area contributed by atoms with Gasteiger partial charge in [-0.15, -0.1) is 0 Å². The molecular weight excluding hydrogens is 346 g/mol. The Balaban J connectivity index is 1.62. The number of rotatable bonds is 4. The van der Waals surface area contributed by atoms with Crippen LogP contribution in [-0.4, -0.2) is 23.8 Å². The van der Waals surface area contributed by atoms with Gasteiger partial charge in [-0.3, -0.25) is 14.4 Å². The topological polar surface area (TPSA) is 96.5 Å². The van der Waals surface area contributed by atoms with Crippen LogP contribution in [-0.2, 0) is 14.4 Å². The molecule has 0 saturated carbocycles. The van der Waals surface area contributed by atoms with Crippen LogP contribution in [0.15, 0.2) is 48.5 Å². The van der Waals surface area contributed by atoms with Crippen molar-refractivity contribution < 1.29 is 19.1 Å². The molecule has 3 amide bonds. The third kappa shape index (κ3) is 4.72. The van der Waals surface area contributed by atoms with Gasteiger partial charge in [0.2, 0.25) is 11.8 Å². The predicted molar refractivity (Wildman–Crippen MR) is 104 cm³/mol. The van der Waals surface area contributed by atoms with Gasteiger partial charge in [-0.1, -0.05) is 12.1 Å². The van der Waals surface area contributed by atoms with E-state index < -0.39 is 6.10 Å². The number of benzene rings is 2. The van der Waals surface area contributed by atoms with E-state index in [-0.39, 0.29) is 17.7 Å². The fraction of sp³-hybridized carbons (Fsp3) is 0.150. The van der Waals surface area contributed by atoms with Crippen LogP contribution in [0.4, 0.5) is 17.1 Å². The molecule has 1 heterocycles. The van der Waals surface area contributed by atoms with Gasteiger partial charge in [-0.05, 0) is 48.9 Å². The van der Waals surface area contributed by atoms with Gasteiger partial charge in [0.15, 0.2) is 6.10 Å². The highest BCUT2D eigenvalue weighted by atomic mass is 16.5. The van der Waals surface area contributed by atoms with Crippen molar-refractivity contribution in [2.75, 3.05) is 16.0 Å². The van der Waals surface area contributed by atoms with Crippen LogP contribution in [0.1, 0.15) is 19.4 Å². The molecule has 27 heavy (non-hydrogen) atoms. The van der Waals surface area contributed by atoms with Crippen LogP contribution in [0.5, 0.6) is 5.75 Å². The summed E-state index contributed by atoms with van der Waals surface area (Å²) < 4.78 is 5.48. The second-order valence-corrected chi connectivity index (χ2v) is 6.09. The molecule has 1 aliphatic heterocycles. The van der Waals surface area contributed by atoms with Crippen molar-refractivity contribution in [1.29, 1.82) is 0 Å². The van der Waals surface area contributed by atoms with Gasteiger partial charge in [0.1, 0.15) is 5.75 Å². The molecule has 0 aliphatic carbocycles. The lowest BCUT2D eigenvalue weighted by Gasteiger charge is -2.23. The summed E-state index contributed by atoms with van der Waals surface area (Å²) in [4.78, 5) is 34.8. The number of anilines is 3. The average Bonchev–Trinajstić information content (AvgIpc) is 2.62.